The first-order valence-corrected chi connectivity index (χ1v) is 39.6. The van der Waals surface area contributed by atoms with E-state index in [9.17, 15) is 19.4 Å². The Morgan fingerprint density at radius 2 is 0.631 bits per heavy atom. The smallest absolute Gasteiger partial charge is 0.387 e. The van der Waals surface area contributed by atoms with Crippen molar-refractivity contribution in [1.82, 2.24) is 5.32 Å². The number of rotatable bonds is 72. The minimum atomic E-state index is -4.35. The van der Waals surface area contributed by atoms with Gasteiger partial charge in [-0.25, -0.2) is 4.57 Å². The summed E-state index contributed by atoms with van der Waals surface area (Å²) in [4.78, 5) is 23.4. The average molecular weight is 1210 g/mol. The largest absolute Gasteiger partial charge is 0.472 e. The van der Waals surface area contributed by atoms with Crippen molar-refractivity contribution in [1.29, 1.82) is 0 Å². The quantitative estimate of drug-likeness (QED) is 0.0243. The zero-order chi connectivity index (χ0) is 61.2. The molecule has 0 fully saturated rings. The summed E-state index contributed by atoms with van der Waals surface area (Å²) in [5.41, 5.74) is 0. The number of quaternary nitrogens is 1. The Morgan fingerprint density at radius 1 is 0.393 bits per heavy atom. The van der Waals surface area contributed by atoms with Crippen molar-refractivity contribution in [3.05, 3.63) is 12.2 Å². The maximum absolute atomic E-state index is 13.1. The second kappa shape index (κ2) is 66.7. The maximum Gasteiger partial charge on any atom is 0.472 e. The lowest BCUT2D eigenvalue weighted by molar-refractivity contribution is -0.870. The van der Waals surface area contributed by atoms with E-state index in [4.69, 9.17) is 9.05 Å². The number of hydrogen-bond acceptors (Lipinski definition) is 5. The number of likely N-dealkylation sites (N-methyl/N-ethyl adjacent to an activating group) is 1. The van der Waals surface area contributed by atoms with Crippen LogP contribution in [0, 0.1) is 0 Å². The van der Waals surface area contributed by atoms with Gasteiger partial charge in [-0.1, -0.05) is 398 Å². The molecule has 0 saturated heterocycles. The molecule has 0 aliphatic carbocycles. The SMILES string of the molecule is CCCCCCCCCCCCCCCCCCCCCCCC/C=C/C(O)C(COP(=O)(O)OCC[N+](C)(C)C)NC(=O)CCCCCCCCCCCCCCCCCCCCCCCCCCCCCCCCCCCCCCCC. The molecular formula is C75H152N2O6P+. The van der Waals surface area contributed by atoms with Gasteiger partial charge in [0.15, 0.2) is 0 Å². The fraction of sp³-hybridized carbons (Fsp3) is 0.960. The van der Waals surface area contributed by atoms with Crippen molar-refractivity contribution in [2.45, 2.75) is 424 Å². The third-order valence-corrected chi connectivity index (χ3v) is 19.0. The number of amides is 1. The van der Waals surface area contributed by atoms with Crippen LogP contribution in [0.25, 0.3) is 0 Å². The summed E-state index contributed by atoms with van der Waals surface area (Å²) in [6, 6.07) is -0.844. The Kier molecular flexibility index (Phi) is 66.1. The number of aliphatic hydroxyl groups excluding tert-OH is 1. The molecule has 9 heteroatoms. The number of phosphoric acid groups is 1. The molecule has 0 bridgehead atoms. The summed E-state index contributed by atoms with van der Waals surface area (Å²) in [7, 11) is 1.60. The average Bonchev–Trinajstić information content (AvgIpc) is 3.56. The zero-order valence-corrected chi connectivity index (χ0v) is 58.6. The highest BCUT2D eigenvalue weighted by Gasteiger charge is 2.28. The van der Waals surface area contributed by atoms with Crippen molar-refractivity contribution < 1.29 is 32.9 Å². The van der Waals surface area contributed by atoms with Gasteiger partial charge >= 0.3 is 7.82 Å². The van der Waals surface area contributed by atoms with Crippen LogP contribution in [0.1, 0.15) is 412 Å². The molecule has 3 unspecified atom stereocenters. The molecule has 3 N–H and O–H groups in total. The molecule has 1 amide bonds. The van der Waals surface area contributed by atoms with Crippen LogP contribution in [-0.4, -0.2) is 73.4 Å². The number of aliphatic hydroxyl groups is 1. The van der Waals surface area contributed by atoms with Gasteiger partial charge in [0.05, 0.1) is 39.9 Å². The molecule has 0 rings (SSSR count). The van der Waals surface area contributed by atoms with Crippen molar-refractivity contribution in [3.8, 4) is 0 Å². The van der Waals surface area contributed by atoms with Crippen molar-refractivity contribution in [2.75, 3.05) is 40.9 Å². The normalized spacial score (nSPS) is 13.6. The van der Waals surface area contributed by atoms with Gasteiger partial charge in [0.25, 0.3) is 0 Å². The van der Waals surface area contributed by atoms with E-state index in [-0.39, 0.29) is 19.1 Å². The van der Waals surface area contributed by atoms with Crippen LogP contribution in [0.5, 0.6) is 0 Å². The van der Waals surface area contributed by atoms with Gasteiger partial charge in [0.2, 0.25) is 5.91 Å². The van der Waals surface area contributed by atoms with E-state index in [1.165, 1.54) is 360 Å². The van der Waals surface area contributed by atoms with Gasteiger partial charge in [0, 0.05) is 6.42 Å². The molecule has 0 aromatic rings. The lowest BCUT2D eigenvalue weighted by atomic mass is 10.0. The molecule has 0 aliphatic heterocycles. The molecule has 0 aromatic heterocycles. The van der Waals surface area contributed by atoms with E-state index < -0.39 is 20.0 Å². The predicted molar refractivity (Wildman–Crippen MR) is 369 cm³/mol. The van der Waals surface area contributed by atoms with Gasteiger partial charge < -0.3 is 19.8 Å². The molecule has 0 saturated carbocycles. The Hall–Kier alpha value is -0.760. The Bertz CT molecular complexity index is 1370. The minimum Gasteiger partial charge on any atom is -0.387 e. The monoisotopic (exact) mass is 1210 g/mol. The van der Waals surface area contributed by atoms with Gasteiger partial charge in [0.1, 0.15) is 13.2 Å². The number of nitrogens with one attached hydrogen (secondary N) is 1. The number of hydrogen-bond donors (Lipinski definition) is 3. The van der Waals surface area contributed by atoms with Crippen LogP contribution < -0.4 is 5.32 Å². The molecule has 8 nitrogen and oxygen atoms in total. The van der Waals surface area contributed by atoms with Crippen LogP contribution in [0.4, 0.5) is 0 Å². The Balaban J connectivity index is 3.91. The molecule has 84 heavy (non-hydrogen) atoms. The molecule has 502 valence electrons. The summed E-state index contributed by atoms with van der Waals surface area (Å²) in [5.74, 6) is -0.166. The second-order valence-corrected chi connectivity index (χ2v) is 29.2. The lowest BCUT2D eigenvalue weighted by Crippen LogP contribution is -2.45. The summed E-state index contributed by atoms with van der Waals surface area (Å²) in [6.45, 7) is 4.89. The van der Waals surface area contributed by atoms with Crippen molar-refractivity contribution >= 4 is 13.7 Å². The summed E-state index contributed by atoms with van der Waals surface area (Å²) in [5, 5.41) is 14.0. The van der Waals surface area contributed by atoms with E-state index >= 15 is 0 Å². The van der Waals surface area contributed by atoms with E-state index in [1.54, 1.807) is 6.08 Å². The minimum absolute atomic E-state index is 0.0656. The fourth-order valence-corrected chi connectivity index (χ4v) is 12.8. The van der Waals surface area contributed by atoms with Crippen LogP contribution in [-0.2, 0) is 18.4 Å². The number of unbranched alkanes of at least 4 members (excludes halogenated alkanes) is 59. The van der Waals surface area contributed by atoms with Gasteiger partial charge in [-0.15, -0.1) is 0 Å². The first-order chi connectivity index (χ1) is 41.0. The van der Waals surface area contributed by atoms with Crippen LogP contribution >= 0.6 is 7.82 Å². The molecule has 0 aliphatic rings. The maximum atomic E-state index is 13.1. The Morgan fingerprint density at radius 3 is 0.881 bits per heavy atom. The topological polar surface area (TPSA) is 105 Å². The lowest BCUT2D eigenvalue weighted by Gasteiger charge is -2.25. The number of allylic oxidation sites excluding steroid dienone is 1. The van der Waals surface area contributed by atoms with Gasteiger partial charge in [-0.2, -0.15) is 0 Å². The van der Waals surface area contributed by atoms with E-state index in [1.807, 2.05) is 27.2 Å². The first kappa shape index (κ1) is 83.2. The van der Waals surface area contributed by atoms with Gasteiger partial charge in [-0.05, 0) is 19.3 Å². The Labute approximate surface area is 526 Å². The first-order valence-electron chi connectivity index (χ1n) is 38.1. The fourth-order valence-electron chi connectivity index (χ4n) is 12.1. The number of phosphoric ester groups is 1. The summed E-state index contributed by atoms with van der Waals surface area (Å²) >= 11 is 0. The number of carbonyl (C=O) groups excluding carboxylic acids is 1. The van der Waals surface area contributed by atoms with Crippen molar-refractivity contribution in [3.63, 3.8) is 0 Å². The van der Waals surface area contributed by atoms with Crippen LogP contribution in [0.2, 0.25) is 0 Å². The zero-order valence-electron chi connectivity index (χ0n) is 57.7. The standard InChI is InChI=1S/C75H151N2O6P/c1-6-8-10-12-14-16-18-20-22-24-26-28-30-32-33-34-35-36-37-38-39-40-41-42-43-44-45-47-49-51-53-55-57-59-61-63-65-67-69-75(79)76-73(72-83-84(80,81)82-71-70-77(3,4)5)74(78)68-66-64-62-60-58-56-54-52-50-48-46-31-29-27-25-23-21-19-17-15-13-11-9-7-2/h66,68,73-74,78H,6-65,67,69-72H2,1-5H3,(H-,76,79,80,81)/p+1/b68-66+. The molecular weight excluding hydrogens is 1060 g/mol. The summed E-state index contributed by atoms with van der Waals surface area (Å²) in [6.07, 6.45) is 86.8. The number of nitrogens with zero attached hydrogens (tertiary/aromatic N) is 1. The predicted octanol–water partition coefficient (Wildman–Crippen LogP) is 24.5. The second-order valence-electron chi connectivity index (χ2n) is 27.7. The number of carbonyl (C=O) groups is 1. The molecule has 3 atom stereocenters. The third-order valence-electron chi connectivity index (χ3n) is 18.0. The molecule has 0 radical (unpaired) electrons. The summed E-state index contributed by atoms with van der Waals surface area (Å²) < 4.78 is 23.9. The van der Waals surface area contributed by atoms with Crippen molar-refractivity contribution in [2.24, 2.45) is 0 Å². The van der Waals surface area contributed by atoms with E-state index in [0.717, 1.165) is 32.1 Å². The third kappa shape index (κ3) is 68.7. The molecule has 0 aromatic carbocycles. The van der Waals surface area contributed by atoms with Crippen LogP contribution in [0.15, 0.2) is 12.2 Å². The van der Waals surface area contributed by atoms with E-state index in [2.05, 4.69) is 19.2 Å². The highest BCUT2D eigenvalue weighted by molar-refractivity contribution is 7.47. The molecule has 0 heterocycles. The van der Waals surface area contributed by atoms with E-state index in [0.29, 0.717) is 17.4 Å². The molecule has 0 spiro atoms. The van der Waals surface area contributed by atoms with Crippen LogP contribution in [0.3, 0.4) is 0 Å². The van der Waals surface area contributed by atoms with Gasteiger partial charge in [-0.3, -0.25) is 13.8 Å². The highest BCUT2D eigenvalue weighted by Crippen LogP contribution is 2.43. The highest BCUT2D eigenvalue weighted by atomic mass is 31.2.